The van der Waals surface area contributed by atoms with E-state index in [0.717, 1.165) is 40.7 Å². The lowest BCUT2D eigenvalue weighted by molar-refractivity contribution is -0.00143. The smallest absolute Gasteiger partial charge is 0.144 e. The highest BCUT2D eigenvalue weighted by molar-refractivity contribution is 7.18. The fraction of sp³-hybridized carbons (Fsp3) is 0.350. The molecule has 5 nitrogen and oxygen atoms in total. The number of methoxy groups -OCH3 is 2. The van der Waals surface area contributed by atoms with Crippen molar-refractivity contribution in [3.05, 3.63) is 53.0 Å². The summed E-state index contributed by atoms with van der Waals surface area (Å²) in [7, 11) is 3.35. The monoisotopic (exact) mass is 370 g/mol. The summed E-state index contributed by atoms with van der Waals surface area (Å²) in [6.45, 7) is 3.66. The van der Waals surface area contributed by atoms with E-state index >= 15 is 0 Å². The fourth-order valence-electron chi connectivity index (χ4n) is 3.46. The van der Waals surface area contributed by atoms with Crippen molar-refractivity contribution in [1.29, 1.82) is 0 Å². The zero-order chi connectivity index (χ0) is 18.1. The van der Waals surface area contributed by atoms with Crippen molar-refractivity contribution >= 4 is 21.6 Å². The van der Waals surface area contributed by atoms with Crippen LogP contribution in [0.3, 0.4) is 0 Å². The minimum Gasteiger partial charge on any atom is -0.496 e. The van der Waals surface area contributed by atoms with E-state index < -0.39 is 0 Å². The number of rotatable bonds is 5. The molecule has 0 spiro atoms. The van der Waals surface area contributed by atoms with Crippen molar-refractivity contribution in [2.24, 2.45) is 0 Å². The number of hydrogen-bond acceptors (Lipinski definition) is 6. The molecule has 0 aliphatic carbocycles. The standard InChI is InChI=1S/C20H22N2O3S/c1-13-11-22(12-18-21-14-7-4-5-10-17(14)26-18)20(25-13)19-15(23-2)8-6-9-16(19)24-3/h4-10,13,20H,11-12H2,1-3H3/t13?,20-/m1/s1. The predicted octanol–water partition coefficient (Wildman–Crippen LogP) is 4.23. The Morgan fingerprint density at radius 2 is 1.85 bits per heavy atom. The van der Waals surface area contributed by atoms with Crippen molar-refractivity contribution in [1.82, 2.24) is 9.88 Å². The van der Waals surface area contributed by atoms with Gasteiger partial charge >= 0.3 is 0 Å². The normalized spacial score (nSPS) is 20.6. The first-order valence-corrected chi connectivity index (χ1v) is 9.46. The molecule has 136 valence electrons. The third-order valence-electron chi connectivity index (χ3n) is 4.57. The van der Waals surface area contributed by atoms with Gasteiger partial charge < -0.3 is 14.2 Å². The highest BCUT2D eigenvalue weighted by atomic mass is 32.1. The third-order valence-corrected chi connectivity index (χ3v) is 5.60. The van der Waals surface area contributed by atoms with E-state index in [-0.39, 0.29) is 12.3 Å². The molecule has 0 N–H and O–H groups in total. The lowest BCUT2D eigenvalue weighted by atomic mass is 10.1. The van der Waals surface area contributed by atoms with Crippen molar-refractivity contribution < 1.29 is 14.2 Å². The van der Waals surface area contributed by atoms with E-state index in [9.17, 15) is 0 Å². The quantitative estimate of drug-likeness (QED) is 0.672. The van der Waals surface area contributed by atoms with Gasteiger partial charge in [-0.15, -0.1) is 11.3 Å². The molecule has 4 rings (SSSR count). The van der Waals surface area contributed by atoms with Crippen LogP contribution < -0.4 is 9.47 Å². The number of para-hydroxylation sites is 1. The molecule has 0 radical (unpaired) electrons. The van der Waals surface area contributed by atoms with E-state index in [1.54, 1.807) is 25.6 Å². The molecule has 1 aliphatic rings. The maximum atomic E-state index is 6.23. The number of aromatic nitrogens is 1. The lowest BCUT2D eigenvalue weighted by Gasteiger charge is -2.25. The predicted molar refractivity (Wildman–Crippen MR) is 103 cm³/mol. The number of ether oxygens (including phenoxy) is 3. The summed E-state index contributed by atoms with van der Waals surface area (Å²) >= 11 is 1.73. The first-order valence-electron chi connectivity index (χ1n) is 8.64. The molecule has 0 saturated carbocycles. The molecular weight excluding hydrogens is 348 g/mol. The van der Waals surface area contributed by atoms with Crippen LogP contribution in [0.15, 0.2) is 42.5 Å². The van der Waals surface area contributed by atoms with Crippen LogP contribution in [-0.2, 0) is 11.3 Å². The van der Waals surface area contributed by atoms with Gasteiger partial charge in [-0.05, 0) is 31.2 Å². The van der Waals surface area contributed by atoms with Gasteiger partial charge in [-0.1, -0.05) is 18.2 Å². The summed E-state index contributed by atoms with van der Waals surface area (Å²) in [4.78, 5) is 7.07. The van der Waals surface area contributed by atoms with E-state index in [1.807, 2.05) is 30.3 Å². The molecule has 2 aromatic carbocycles. The van der Waals surface area contributed by atoms with E-state index in [0.29, 0.717) is 0 Å². The Morgan fingerprint density at radius 1 is 1.12 bits per heavy atom. The lowest BCUT2D eigenvalue weighted by Crippen LogP contribution is -2.24. The summed E-state index contributed by atoms with van der Waals surface area (Å²) < 4.78 is 18.6. The SMILES string of the molecule is COc1cccc(OC)c1[C@H]1OC(C)CN1Cc1nc2ccccc2s1. The first-order chi connectivity index (χ1) is 12.7. The Balaban J connectivity index is 1.67. The summed E-state index contributed by atoms with van der Waals surface area (Å²) in [5.74, 6) is 1.55. The second kappa shape index (κ2) is 7.23. The zero-order valence-corrected chi connectivity index (χ0v) is 16.0. The van der Waals surface area contributed by atoms with Gasteiger partial charge in [0.1, 0.15) is 22.7 Å². The molecule has 26 heavy (non-hydrogen) atoms. The van der Waals surface area contributed by atoms with Crippen molar-refractivity contribution in [2.45, 2.75) is 25.8 Å². The fourth-order valence-corrected chi connectivity index (χ4v) is 4.45. The number of nitrogens with zero attached hydrogens (tertiary/aromatic N) is 2. The highest BCUT2D eigenvalue weighted by Gasteiger charge is 2.36. The molecule has 0 amide bonds. The second-order valence-corrected chi connectivity index (χ2v) is 7.50. The van der Waals surface area contributed by atoms with Gasteiger partial charge in [0, 0.05) is 6.54 Å². The van der Waals surface area contributed by atoms with Crippen LogP contribution in [0.4, 0.5) is 0 Å². The average Bonchev–Trinajstić information content (AvgIpc) is 3.23. The van der Waals surface area contributed by atoms with Crippen molar-refractivity contribution in [2.75, 3.05) is 20.8 Å². The molecule has 6 heteroatoms. The summed E-state index contributed by atoms with van der Waals surface area (Å²) in [6.07, 6.45) is -0.0906. The van der Waals surface area contributed by atoms with Crippen LogP contribution in [0.5, 0.6) is 11.5 Å². The van der Waals surface area contributed by atoms with Gasteiger partial charge in [0.15, 0.2) is 0 Å². The van der Waals surface area contributed by atoms with Crippen LogP contribution >= 0.6 is 11.3 Å². The van der Waals surface area contributed by atoms with Gasteiger partial charge in [-0.2, -0.15) is 0 Å². The van der Waals surface area contributed by atoms with Gasteiger partial charge in [0.2, 0.25) is 0 Å². The zero-order valence-electron chi connectivity index (χ0n) is 15.1. The number of hydrogen-bond donors (Lipinski definition) is 0. The summed E-state index contributed by atoms with van der Waals surface area (Å²) in [6, 6.07) is 14.1. The summed E-state index contributed by atoms with van der Waals surface area (Å²) in [5, 5.41) is 1.09. The second-order valence-electron chi connectivity index (χ2n) is 6.38. The number of benzene rings is 2. The van der Waals surface area contributed by atoms with Crippen molar-refractivity contribution in [3.63, 3.8) is 0 Å². The highest BCUT2D eigenvalue weighted by Crippen LogP contribution is 2.42. The van der Waals surface area contributed by atoms with Crippen molar-refractivity contribution in [3.8, 4) is 11.5 Å². The molecular formula is C20H22N2O3S. The van der Waals surface area contributed by atoms with Crippen LogP contribution in [0.2, 0.25) is 0 Å². The third kappa shape index (κ3) is 3.16. The number of fused-ring (bicyclic) bond motifs is 1. The Labute approximate surface area is 157 Å². The Bertz CT molecular complexity index is 856. The van der Waals surface area contributed by atoms with E-state index in [2.05, 4.69) is 24.0 Å². The Morgan fingerprint density at radius 3 is 2.54 bits per heavy atom. The van der Waals surface area contributed by atoms with Crippen LogP contribution in [0.1, 0.15) is 23.7 Å². The van der Waals surface area contributed by atoms with Crippen LogP contribution in [0, 0.1) is 0 Å². The molecule has 1 aromatic heterocycles. The average molecular weight is 370 g/mol. The van der Waals surface area contributed by atoms with Gasteiger partial charge in [-0.25, -0.2) is 4.98 Å². The molecule has 1 fully saturated rings. The van der Waals surface area contributed by atoms with E-state index in [4.69, 9.17) is 19.2 Å². The topological polar surface area (TPSA) is 43.8 Å². The largest absolute Gasteiger partial charge is 0.496 e. The molecule has 1 aliphatic heterocycles. The molecule has 0 bridgehead atoms. The number of thiazole rings is 1. The Hall–Kier alpha value is -2.15. The molecule has 1 unspecified atom stereocenters. The maximum absolute atomic E-state index is 6.23. The Kier molecular flexibility index (Phi) is 4.80. The maximum Gasteiger partial charge on any atom is 0.144 e. The molecule has 2 heterocycles. The molecule has 2 atom stereocenters. The van der Waals surface area contributed by atoms with Crippen LogP contribution in [-0.4, -0.2) is 36.8 Å². The van der Waals surface area contributed by atoms with Crippen LogP contribution in [0.25, 0.3) is 10.2 Å². The first kappa shape index (κ1) is 17.3. The van der Waals surface area contributed by atoms with E-state index in [1.165, 1.54) is 4.70 Å². The minimum atomic E-state index is -0.219. The van der Waals surface area contributed by atoms with Gasteiger partial charge in [0.05, 0.1) is 42.6 Å². The molecule has 3 aromatic rings. The minimum absolute atomic E-state index is 0.129. The van der Waals surface area contributed by atoms with Gasteiger partial charge in [-0.3, -0.25) is 4.90 Å². The molecule has 1 saturated heterocycles. The van der Waals surface area contributed by atoms with Gasteiger partial charge in [0.25, 0.3) is 0 Å². The summed E-state index contributed by atoms with van der Waals surface area (Å²) in [5.41, 5.74) is 1.98.